The predicted molar refractivity (Wildman–Crippen MR) is 79.6 cm³/mol. The number of hydrogen-bond donors (Lipinski definition) is 3. The van der Waals surface area contributed by atoms with Crippen molar-refractivity contribution in [3.8, 4) is 5.75 Å². The number of benzene rings is 1. The van der Waals surface area contributed by atoms with Crippen LogP contribution in [-0.2, 0) is 6.54 Å². The van der Waals surface area contributed by atoms with Crippen LogP contribution >= 0.6 is 0 Å². The Kier molecular flexibility index (Phi) is 6.42. The van der Waals surface area contributed by atoms with E-state index in [0.717, 1.165) is 5.56 Å². The van der Waals surface area contributed by atoms with Crippen LogP contribution in [0.25, 0.3) is 0 Å². The first-order chi connectivity index (χ1) is 9.31. The van der Waals surface area contributed by atoms with Gasteiger partial charge < -0.3 is 25.6 Å². The van der Waals surface area contributed by atoms with Crippen LogP contribution in [0, 0.1) is 0 Å². The average Bonchev–Trinajstić information content (AvgIpc) is 2.34. The summed E-state index contributed by atoms with van der Waals surface area (Å²) in [5.74, 6) is 0.708. The van der Waals surface area contributed by atoms with Crippen LogP contribution < -0.4 is 10.5 Å². The number of aliphatic hydroxyl groups is 2. The molecule has 0 aliphatic rings. The molecule has 0 fully saturated rings. The van der Waals surface area contributed by atoms with Crippen molar-refractivity contribution >= 4 is 0 Å². The van der Waals surface area contributed by atoms with Crippen molar-refractivity contribution in [2.24, 2.45) is 5.73 Å². The lowest BCUT2D eigenvalue weighted by atomic mass is 10.1. The van der Waals surface area contributed by atoms with Crippen molar-refractivity contribution < 1.29 is 14.9 Å². The van der Waals surface area contributed by atoms with Gasteiger partial charge in [0.25, 0.3) is 0 Å². The lowest BCUT2D eigenvalue weighted by Gasteiger charge is -2.27. The standard InChI is InChI=1S/C15H26N2O3/c1-15(2,19)11-17(3)9-13(18)10-20-14-7-5-4-6-12(14)8-16/h4-7,13,18-19H,8-11,16H2,1-3H3. The Morgan fingerprint density at radius 2 is 2.00 bits per heavy atom. The van der Waals surface area contributed by atoms with E-state index in [0.29, 0.717) is 25.4 Å². The van der Waals surface area contributed by atoms with E-state index in [9.17, 15) is 10.2 Å². The number of hydrogen-bond acceptors (Lipinski definition) is 5. The van der Waals surface area contributed by atoms with Crippen molar-refractivity contribution in [1.29, 1.82) is 0 Å². The Bertz CT molecular complexity index is 404. The predicted octanol–water partition coefficient (Wildman–Crippen LogP) is 0.588. The van der Waals surface area contributed by atoms with E-state index < -0.39 is 11.7 Å². The second kappa shape index (κ2) is 7.59. The highest BCUT2D eigenvalue weighted by atomic mass is 16.5. The third-order valence-electron chi connectivity index (χ3n) is 2.80. The maximum Gasteiger partial charge on any atom is 0.123 e. The molecule has 1 aromatic carbocycles. The Balaban J connectivity index is 2.41. The van der Waals surface area contributed by atoms with Gasteiger partial charge in [-0.1, -0.05) is 18.2 Å². The van der Waals surface area contributed by atoms with Crippen LogP contribution in [-0.4, -0.2) is 53.6 Å². The van der Waals surface area contributed by atoms with Crippen molar-refractivity contribution in [1.82, 2.24) is 4.90 Å². The molecule has 0 spiro atoms. The molecule has 5 heteroatoms. The van der Waals surface area contributed by atoms with E-state index >= 15 is 0 Å². The summed E-state index contributed by atoms with van der Waals surface area (Å²) in [6, 6.07) is 7.53. The molecule has 114 valence electrons. The van der Waals surface area contributed by atoms with E-state index in [1.165, 1.54) is 0 Å². The van der Waals surface area contributed by atoms with Gasteiger partial charge in [-0.3, -0.25) is 0 Å². The number of nitrogens with two attached hydrogens (primary N) is 1. The van der Waals surface area contributed by atoms with Gasteiger partial charge in [-0.05, 0) is 27.0 Å². The molecule has 1 atom stereocenters. The van der Waals surface area contributed by atoms with Gasteiger partial charge >= 0.3 is 0 Å². The second-order valence-electron chi connectivity index (χ2n) is 5.79. The fourth-order valence-electron chi connectivity index (χ4n) is 2.14. The summed E-state index contributed by atoms with van der Waals surface area (Å²) in [6.45, 7) is 5.02. The minimum Gasteiger partial charge on any atom is -0.491 e. The molecule has 0 radical (unpaired) electrons. The topological polar surface area (TPSA) is 79.0 Å². The van der Waals surface area contributed by atoms with Crippen LogP contribution in [0.3, 0.4) is 0 Å². The maximum atomic E-state index is 9.96. The summed E-state index contributed by atoms with van der Waals surface area (Å²) >= 11 is 0. The van der Waals surface area contributed by atoms with Crippen molar-refractivity contribution in [2.75, 3.05) is 26.7 Å². The van der Waals surface area contributed by atoms with E-state index in [2.05, 4.69) is 0 Å². The quantitative estimate of drug-likeness (QED) is 0.650. The molecule has 0 saturated carbocycles. The number of likely N-dealkylation sites (N-methyl/N-ethyl adjacent to an activating group) is 1. The van der Waals surface area contributed by atoms with Gasteiger partial charge in [-0.2, -0.15) is 0 Å². The Morgan fingerprint density at radius 3 is 2.60 bits per heavy atom. The maximum absolute atomic E-state index is 9.96. The summed E-state index contributed by atoms with van der Waals surface area (Å²) < 4.78 is 5.60. The molecule has 4 N–H and O–H groups in total. The molecule has 5 nitrogen and oxygen atoms in total. The molecular weight excluding hydrogens is 256 g/mol. The first-order valence-corrected chi connectivity index (χ1v) is 6.81. The van der Waals surface area contributed by atoms with Gasteiger partial charge in [0, 0.05) is 25.2 Å². The number of ether oxygens (including phenoxy) is 1. The van der Waals surface area contributed by atoms with Crippen molar-refractivity contribution in [2.45, 2.75) is 32.1 Å². The molecule has 0 aliphatic carbocycles. The highest BCUT2D eigenvalue weighted by Gasteiger charge is 2.18. The van der Waals surface area contributed by atoms with E-state index in [1.54, 1.807) is 13.8 Å². The summed E-state index contributed by atoms with van der Waals surface area (Å²) in [6.07, 6.45) is -0.617. The minimum absolute atomic E-state index is 0.202. The van der Waals surface area contributed by atoms with Crippen LogP contribution in [0.4, 0.5) is 0 Å². The average molecular weight is 282 g/mol. The molecule has 20 heavy (non-hydrogen) atoms. The van der Waals surface area contributed by atoms with Gasteiger partial charge in [0.05, 0.1) is 5.60 Å². The number of nitrogens with zero attached hydrogens (tertiary/aromatic N) is 1. The first kappa shape index (κ1) is 16.9. The molecule has 1 aromatic rings. The molecule has 1 unspecified atom stereocenters. The highest BCUT2D eigenvalue weighted by Crippen LogP contribution is 2.17. The zero-order valence-corrected chi connectivity index (χ0v) is 12.5. The second-order valence-corrected chi connectivity index (χ2v) is 5.79. The number of rotatable bonds is 8. The van der Waals surface area contributed by atoms with Gasteiger partial charge in [0.2, 0.25) is 0 Å². The van der Waals surface area contributed by atoms with E-state index in [1.807, 2.05) is 36.2 Å². The summed E-state index contributed by atoms with van der Waals surface area (Å²) in [7, 11) is 1.86. The molecule has 0 heterocycles. The Morgan fingerprint density at radius 1 is 1.35 bits per heavy atom. The summed E-state index contributed by atoms with van der Waals surface area (Å²) in [4.78, 5) is 1.88. The first-order valence-electron chi connectivity index (χ1n) is 6.81. The van der Waals surface area contributed by atoms with Crippen LogP contribution in [0.1, 0.15) is 19.4 Å². The molecule has 0 bridgehead atoms. The van der Waals surface area contributed by atoms with E-state index in [4.69, 9.17) is 10.5 Å². The third-order valence-corrected chi connectivity index (χ3v) is 2.80. The highest BCUT2D eigenvalue weighted by molar-refractivity contribution is 5.32. The molecule has 1 rings (SSSR count). The SMILES string of the molecule is CN(CC(O)COc1ccccc1CN)CC(C)(C)O. The third kappa shape index (κ3) is 6.34. The minimum atomic E-state index is -0.776. The zero-order chi connectivity index (χ0) is 15.2. The molecule has 0 saturated heterocycles. The Hall–Kier alpha value is -1.14. The van der Waals surface area contributed by atoms with E-state index in [-0.39, 0.29) is 6.61 Å². The monoisotopic (exact) mass is 282 g/mol. The fourth-order valence-corrected chi connectivity index (χ4v) is 2.14. The molecule has 0 aliphatic heterocycles. The lowest BCUT2D eigenvalue weighted by molar-refractivity contribution is 0.0194. The van der Waals surface area contributed by atoms with Gasteiger partial charge in [0.1, 0.15) is 18.5 Å². The van der Waals surface area contributed by atoms with Crippen LogP contribution in [0.2, 0.25) is 0 Å². The van der Waals surface area contributed by atoms with Crippen molar-refractivity contribution in [3.05, 3.63) is 29.8 Å². The normalized spacial score (nSPS) is 13.6. The Labute approximate surface area is 121 Å². The lowest BCUT2D eigenvalue weighted by Crippen LogP contribution is -2.41. The summed E-state index contributed by atoms with van der Waals surface area (Å²) in [5, 5.41) is 19.7. The fraction of sp³-hybridized carbons (Fsp3) is 0.600. The van der Waals surface area contributed by atoms with Crippen LogP contribution in [0.15, 0.2) is 24.3 Å². The van der Waals surface area contributed by atoms with Crippen LogP contribution in [0.5, 0.6) is 5.75 Å². The molecule has 0 aromatic heterocycles. The number of aliphatic hydroxyl groups excluding tert-OH is 1. The summed E-state index contributed by atoms with van der Waals surface area (Å²) in [5.41, 5.74) is 5.77. The number of para-hydroxylation sites is 1. The zero-order valence-electron chi connectivity index (χ0n) is 12.5. The largest absolute Gasteiger partial charge is 0.491 e. The van der Waals surface area contributed by atoms with Gasteiger partial charge in [-0.15, -0.1) is 0 Å². The molecular formula is C15H26N2O3. The molecule has 0 amide bonds. The van der Waals surface area contributed by atoms with Gasteiger partial charge in [0.15, 0.2) is 0 Å². The van der Waals surface area contributed by atoms with Crippen molar-refractivity contribution in [3.63, 3.8) is 0 Å². The van der Waals surface area contributed by atoms with Gasteiger partial charge in [-0.25, -0.2) is 0 Å². The smallest absolute Gasteiger partial charge is 0.123 e.